The number of carbonyl (C=O) groups excluding carboxylic acids is 1. The number of aromatic nitrogens is 2. The molecule has 1 heterocycles. The van der Waals surface area contributed by atoms with Crippen molar-refractivity contribution in [1.82, 2.24) is 15.3 Å². The van der Waals surface area contributed by atoms with Crippen molar-refractivity contribution in [3.8, 4) is 0 Å². The molecule has 1 aromatic rings. The Morgan fingerprint density at radius 1 is 1.29 bits per heavy atom. The Morgan fingerprint density at radius 2 is 1.95 bits per heavy atom. The van der Waals surface area contributed by atoms with E-state index < -0.39 is 0 Å². The van der Waals surface area contributed by atoms with E-state index in [4.69, 9.17) is 0 Å². The molecule has 0 aliphatic rings. The SMILES string of the molecule is CCNc1nc(CC)nc(N(C)CC(=O)NC(C)C)c1C. The average Bonchev–Trinajstić information content (AvgIpc) is 2.40. The van der Waals surface area contributed by atoms with Crippen molar-refractivity contribution in [2.24, 2.45) is 0 Å². The van der Waals surface area contributed by atoms with Crippen LogP contribution < -0.4 is 15.5 Å². The van der Waals surface area contributed by atoms with E-state index >= 15 is 0 Å². The maximum Gasteiger partial charge on any atom is 0.239 e. The highest BCUT2D eigenvalue weighted by Crippen LogP contribution is 2.22. The molecule has 0 radical (unpaired) electrons. The third kappa shape index (κ3) is 4.88. The van der Waals surface area contributed by atoms with E-state index in [0.29, 0.717) is 0 Å². The Labute approximate surface area is 127 Å². The first-order valence-corrected chi connectivity index (χ1v) is 7.50. The second-order valence-corrected chi connectivity index (χ2v) is 5.40. The number of carbonyl (C=O) groups is 1. The van der Waals surface area contributed by atoms with Crippen molar-refractivity contribution in [3.63, 3.8) is 0 Å². The Morgan fingerprint density at radius 3 is 2.48 bits per heavy atom. The van der Waals surface area contributed by atoms with Crippen LogP contribution in [-0.2, 0) is 11.2 Å². The van der Waals surface area contributed by atoms with Gasteiger partial charge in [-0.15, -0.1) is 0 Å². The maximum atomic E-state index is 11.9. The van der Waals surface area contributed by atoms with Gasteiger partial charge in [-0.3, -0.25) is 4.79 Å². The summed E-state index contributed by atoms with van der Waals surface area (Å²) in [5.41, 5.74) is 0.967. The number of nitrogens with zero attached hydrogens (tertiary/aromatic N) is 3. The summed E-state index contributed by atoms with van der Waals surface area (Å²) in [5, 5.41) is 6.14. The van der Waals surface area contributed by atoms with Crippen LogP contribution in [0.4, 0.5) is 11.6 Å². The molecule has 0 saturated heterocycles. The van der Waals surface area contributed by atoms with E-state index in [0.717, 1.165) is 36.0 Å². The number of hydrogen-bond donors (Lipinski definition) is 2. The smallest absolute Gasteiger partial charge is 0.239 e. The molecule has 0 aromatic carbocycles. The number of amides is 1. The number of hydrogen-bond acceptors (Lipinski definition) is 5. The van der Waals surface area contributed by atoms with E-state index in [9.17, 15) is 4.79 Å². The summed E-state index contributed by atoms with van der Waals surface area (Å²) in [6, 6.07) is 0.140. The quantitative estimate of drug-likeness (QED) is 0.801. The van der Waals surface area contributed by atoms with Crippen molar-refractivity contribution in [3.05, 3.63) is 11.4 Å². The Balaban J connectivity index is 2.99. The van der Waals surface area contributed by atoms with Gasteiger partial charge < -0.3 is 15.5 Å². The van der Waals surface area contributed by atoms with Gasteiger partial charge in [0.05, 0.1) is 6.54 Å². The van der Waals surface area contributed by atoms with E-state index in [2.05, 4.69) is 20.6 Å². The second-order valence-electron chi connectivity index (χ2n) is 5.40. The number of rotatable bonds is 7. The average molecular weight is 293 g/mol. The molecular formula is C15H27N5O. The van der Waals surface area contributed by atoms with Crippen molar-refractivity contribution >= 4 is 17.5 Å². The fourth-order valence-electron chi connectivity index (χ4n) is 2.08. The summed E-state index contributed by atoms with van der Waals surface area (Å²) in [6.45, 7) is 11.0. The van der Waals surface area contributed by atoms with E-state index in [1.807, 2.05) is 46.6 Å². The van der Waals surface area contributed by atoms with Gasteiger partial charge in [-0.25, -0.2) is 9.97 Å². The monoisotopic (exact) mass is 293 g/mol. The van der Waals surface area contributed by atoms with Crippen molar-refractivity contribution in [2.75, 3.05) is 30.4 Å². The lowest BCUT2D eigenvalue weighted by atomic mass is 10.2. The predicted molar refractivity (Wildman–Crippen MR) is 86.9 cm³/mol. The Hall–Kier alpha value is -1.85. The van der Waals surface area contributed by atoms with Gasteiger partial charge in [0.1, 0.15) is 17.5 Å². The van der Waals surface area contributed by atoms with Crippen LogP contribution in [0.1, 0.15) is 39.1 Å². The summed E-state index contributed by atoms with van der Waals surface area (Å²) >= 11 is 0. The zero-order valence-corrected chi connectivity index (χ0v) is 13.9. The highest BCUT2D eigenvalue weighted by atomic mass is 16.2. The molecular weight excluding hydrogens is 266 g/mol. The van der Waals surface area contributed by atoms with E-state index in [-0.39, 0.29) is 18.5 Å². The molecule has 21 heavy (non-hydrogen) atoms. The standard InChI is InChI=1S/C15H27N5O/c1-7-12-18-14(16-8-2)11(5)15(19-12)20(6)9-13(21)17-10(3)4/h10H,7-9H2,1-6H3,(H,17,21)(H,16,18,19). The van der Waals surface area contributed by atoms with Gasteiger partial charge >= 0.3 is 0 Å². The topological polar surface area (TPSA) is 70.2 Å². The van der Waals surface area contributed by atoms with Crippen molar-refractivity contribution < 1.29 is 4.79 Å². The second kappa shape index (κ2) is 7.81. The molecule has 0 fully saturated rings. The summed E-state index contributed by atoms with van der Waals surface area (Å²) in [4.78, 5) is 22.8. The number of nitrogens with one attached hydrogen (secondary N) is 2. The highest BCUT2D eigenvalue weighted by Gasteiger charge is 2.16. The van der Waals surface area contributed by atoms with Gasteiger partial charge in [0.2, 0.25) is 5.91 Å². The molecule has 1 aromatic heterocycles. The lowest BCUT2D eigenvalue weighted by Gasteiger charge is -2.22. The van der Waals surface area contributed by atoms with Crippen LogP contribution in [0.25, 0.3) is 0 Å². The fraction of sp³-hybridized carbons (Fsp3) is 0.667. The first-order chi connectivity index (χ1) is 9.88. The Kier molecular flexibility index (Phi) is 6.39. The first-order valence-electron chi connectivity index (χ1n) is 7.50. The molecule has 2 N–H and O–H groups in total. The van der Waals surface area contributed by atoms with Crippen LogP contribution in [0.3, 0.4) is 0 Å². The van der Waals surface area contributed by atoms with Gasteiger partial charge in [-0.1, -0.05) is 6.92 Å². The van der Waals surface area contributed by atoms with Gasteiger partial charge in [-0.05, 0) is 27.7 Å². The normalized spacial score (nSPS) is 10.6. The van der Waals surface area contributed by atoms with Gasteiger partial charge in [0.15, 0.2) is 0 Å². The van der Waals surface area contributed by atoms with Crippen LogP contribution in [0.2, 0.25) is 0 Å². The molecule has 1 amide bonds. The molecule has 0 aliphatic carbocycles. The zero-order chi connectivity index (χ0) is 16.0. The molecule has 1 rings (SSSR count). The van der Waals surface area contributed by atoms with Crippen molar-refractivity contribution in [1.29, 1.82) is 0 Å². The summed E-state index contributed by atoms with van der Waals surface area (Å²) in [7, 11) is 1.88. The van der Waals surface area contributed by atoms with Crippen molar-refractivity contribution in [2.45, 2.75) is 47.1 Å². The number of aryl methyl sites for hydroxylation is 1. The minimum Gasteiger partial charge on any atom is -0.370 e. The lowest BCUT2D eigenvalue weighted by Crippen LogP contribution is -2.39. The lowest BCUT2D eigenvalue weighted by molar-refractivity contribution is -0.120. The highest BCUT2D eigenvalue weighted by molar-refractivity contribution is 5.81. The van der Waals surface area contributed by atoms with E-state index in [1.54, 1.807) is 0 Å². The molecule has 0 aliphatic heterocycles. The van der Waals surface area contributed by atoms with Crippen LogP contribution in [0.5, 0.6) is 0 Å². The number of anilines is 2. The molecule has 0 bridgehead atoms. The fourth-order valence-corrected chi connectivity index (χ4v) is 2.08. The third-order valence-corrected chi connectivity index (χ3v) is 3.02. The zero-order valence-electron chi connectivity index (χ0n) is 13.9. The first kappa shape index (κ1) is 17.2. The molecule has 6 heteroatoms. The van der Waals surface area contributed by atoms with Gasteiger partial charge in [0, 0.05) is 31.6 Å². The van der Waals surface area contributed by atoms with Crippen LogP contribution in [0.15, 0.2) is 0 Å². The van der Waals surface area contributed by atoms with Crippen LogP contribution in [-0.4, -0.2) is 42.1 Å². The predicted octanol–water partition coefficient (Wildman–Crippen LogP) is 1.74. The van der Waals surface area contributed by atoms with Crippen LogP contribution >= 0.6 is 0 Å². The minimum atomic E-state index is -0.00596. The molecule has 0 atom stereocenters. The summed E-state index contributed by atoms with van der Waals surface area (Å²) in [6.07, 6.45) is 0.762. The van der Waals surface area contributed by atoms with Gasteiger partial charge in [-0.2, -0.15) is 0 Å². The van der Waals surface area contributed by atoms with Gasteiger partial charge in [0.25, 0.3) is 0 Å². The van der Waals surface area contributed by atoms with Crippen LogP contribution in [0, 0.1) is 6.92 Å². The molecule has 0 spiro atoms. The minimum absolute atomic E-state index is 0.00596. The molecule has 0 unspecified atom stereocenters. The maximum absolute atomic E-state index is 11.9. The molecule has 6 nitrogen and oxygen atoms in total. The Bertz CT molecular complexity index is 487. The molecule has 118 valence electrons. The summed E-state index contributed by atoms with van der Waals surface area (Å²) in [5.74, 6) is 2.42. The molecule has 0 saturated carbocycles. The number of likely N-dealkylation sites (N-methyl/N-ethyl adjacent to an activating group) is 1. The summed E-state index contributed by atoms with van der Waals surface area (Å²) < 4.78 is 0. The third-order valence-electron chi connectivity index (χ3n) is 3.02. The van der Waals surface area contributed by atoms with E-state index in [1.165, 1.54) is 0 Å². The largest absolute Gasteiger partial charge is 0.370 e.